The molecule has 4 nitrogen and oxygen atoms in total. The number of hydrogen-bond donors (Lipinski definition) is 1. The molecule has 0 atom stereocenters. The van der Waals surface area contributed by atoms with E-state index in [2.05, 4.69) is 11.8 Å². The second-order valence-corrected chi connectivity index (χ2v) is 5.22. The van der Waals surface area contributed by atoms with Crippen molar-refractivity contribution in [2.45, 2.75) is 13.3 Å². The molecular weight excluding hydrogens is 262 g/mol. The lowest BCUT2D eigenvalue weighted by Crippen LogP contribution is -2.48. The van der Waals surface area contributed by atoms with E-state index in [9.17, 15) is 4.79 Å². The van der Waals surface area contributed by atoms with Gasteiger partial charge in [-0.05, 0) is 25.1 Å². The van der Waals surface area contributed by atoms with Crippen LogP contribution in [-0.4, -0.2) is 48.4 Å². The van der Waals surface area contributed by atoms with Gasteiger partial charge in [0.1, 0.15) is 0 Å². The van der Waals surface area contributed by atoms with Crippen LogP contribution >= 0.6 is 11.6 Å². The number of amides is 1. The Bertz CT molecular complexity index is 456. The molecule has 0 aromatic heterocycles. The van der Waals surface area contributed by atoms with E-state index in [4.69, 9.17) is 17.3 Å². The Morgan fingerprint density at radius 3 is 2.63 bits per heavy atom. The molecule has 0 radical (unpaired) electrons. The van der Waals surface area contributed by atoms with Gasteiger partial charge in [0, 0.05) is 26.2 Å². The minimum atomic E-state index is -0.0200. The minimum absolute atomic E-state index is 0.0200. The minimum Gasteiger partial charge on any atom is -0.398 e. The van der Waals surface area contributed by atoms with Crippen molar-refractivity contribution < 1.29 is 4.79 Å². The van der Waals surface area contributed by atoms with E-state index in [0.717, 1.165) is 39.1 Å². The van der Waals surface area contributed by atoms with Gasteiger partial charge in [-0.1, -0.05) is 24.6 Å². The summed E-state index contributed by atoms with van der Waals surface area (Å²) < 4.78 is 0. The number of anilines is 1. The van der Waals surface area contributed by atoms with Gasteiger partial charge in [0.2, 0.25) is 0 Å². The van der Waals surface area contributed by atoms with E-state index in [0.29, 0.717) is 16.3 Å². The van der Waals surface area contributed by atoms with E-state index >= 15 is 0 Å². The van der Waals surface area contributed by atoms with E-state index < -0.39 is 0 Å². The van der Waals surface area contributed by atoms with Crippen LogP contribution in [0.15, 0.2) is 18.2 Å². The van der Waals surface area contributed by atoms with Crippen LogP contribution in [0.5, 0.6) is 0 Å². The first-order valence-electron chi connectivity index (χ1n) is 6.69. The highest BCUT2D eigenvalue weighted by Gasteiger charge is 2.23. The molecule has 1 aromatic rings. The smallest absolute Gasteiger partial charge is 0.255 e. The van der Waals surface area contributed by atoms with Crippen molar-refractivity contribution in [2.24, 2.45) is 0 Å². The predicted molar refractivity (Wildman–Crippen MR) is 78.5 cm³/mol. The second kappa shape index (κ2) is 6.26. The highest BCUT2D eigenvalue weighted by molar-refractivity contribution is 6.36. The number of nitrogens with zero attached hydrogens (tertiary/aromatic N) is 2. The first-order chi connectivity index (χ1) is 9.13. The van der Waals surface area contributed by atoms with Gasteiger partial charge in [-0.25, -0.2) is 0 Å². The maximum absolute atomic E-state index is 12.4. The number of nitrogen functional groups attached to an aromatic ring is 1. The molecule has 0 spiro atoms. The molecule has 1 aliphatic heterocycles. The monoisotopic (exact) mass is 281 g/mol. The standard InChI is InChI=1S/C14H20ClN3O/c1-2-6-17-7-9-18(10-8-17)14(19)11-4-3-5-12(16)13(11)15/h3-5H,2,6-10,16H2,1H3. The third-order valence-corrected chi connectivity index (χ3v) is 3.88. The summed E-state index contributed by atoms with van der Waals surface area (Å²) >= 11 is 6.10. The number of benzene rings is 1. The quantitative estimate of drug-likeness (QED) is 0.863. The zero-order chi connectivity index (χ0) is 13.8. The lowest BCUT2D eigenvalue weighted by Gasteiger charge is -2.34. The molecule has 1 fully saturated rings. The summed E-state index contributed by atoms with van der Waals surface area (Å²) in [5.74, 6) is -0.0200. The van der Waals surface area contributed by atoms with Crippen LogP contribution < -0.4 is 5.73 Å². The Kier molecular flexibility index (Phi) is 4.66. The first-order valence-corrected chi connectivity index (χ1v) is 7.07. The fourth-order valence-electron chi connectivity index (χ4n) is 2.38. The average molecular weight is 282 g/mol. The van der Waals surface area contributed by atoms with E-state index in [1.165, 1.54) is 0 Å². The molecule has 2 rings (SSSR count). The van der Waals surface area contributed by atoms with E-state index in [1.807, 2.05) is 4.90 Å². The van der Waals surface area contributed by atoms with E-state index in [1.54, 1.807) is 18.2 Å². The second-order valence-electron chi connectivity index (χ2n) is 4.84. The van der Waals surface area contributed by atoms with Gasteiger partial charge >= 0.3 is 0 Å². The van der Waals surface area contributed by atoms with Crippen LogP contribution in [0.3, 0.4) is 0 Å². The van der Waals surface area contributed by atoms with Crippen molar-refractivity contribution in [3.63, 3.8) is 0 Å². The summed E-state index contributed by atoms with van der Waals surface area (Å²) in [5.41, 5.74) is 6.70. The molecule has 0 bridgehead atoms. The molecule has 1 saturated heterocycles. The molecular formula is C14H20ClN3O. The van der Waals surface area contributed by atoms with Gasteiger partial charge in [-0.2, -0.15) is 0 Å². The Morgan fingerprint density at radius 1 is 1.32 bits per heavy atom. The fraction of sp³-hybridized carbons (Fsp3) is 0.500. The zero-order valence-electron chi connectivity index (χ0n) is 11.2. The highest BCUT2D eigenvalue weighted by atomic mass is 35.5. The molecule has 0 unspecified atom stereocenters. The van der Waals surface area contributed by atoms with Crippen molar-refractivity contribution in [2.75, 3.05) is 38.5 Å². The van der Waals surface area contributed by atoms with Crippen molar-refractivity contribution in [1.29, 1.82) is 0 Å². The van der Waals surface area contributed by atoms with Crippen LogP contribution in [0, 0.1) is 0 Å². The molecule has 2 N–H and O–H groups in total. The number of halogens is 1. The van der Waals surface area contributed by atoms with Crippen molar-refractivity contribution in [3.05, 3.63) is 28.8 Å². The highest BCUT2D eigenvalue weighted by Crippen LogP contribution is 2.24. The Labute approximate surface area is 119 Å². The number of carbonyl (C=O) groups excluding carboxylic acids is 1. The molecule has 5 heteroatoms. The van der Waals surface area contributed by atoms with Crippen LogP contribution in [0.4, 0.5) is 5.69 Å². The number of piperazine rings is 1. The number of hydrogen-bond acceptors (Lipinski definition) is 3. The summed E-state index contributed by atoms with van der Waals surface area (Å²) in [6.07, 6.45) is 1.15. The van der Waals surface area contributed by atoms with Gasteiger partial charge < -0.3 is 10.6 Å². The lowest BCUT2D eigenvalue weighted by molar-refractivity contribution is 0.0638. The van der Waals surface area contributed by atoms with Gasteiger partial charge in [-0.3, -0.25) is 9.69 Å². The number of carbonyl (C=O) groups is 1. The molecule has 0 saturated carbocycles. The van der Waals surface area contributed by atoms with Gasteiger partial charge in [0.05, 0.1) is 16.3 Å². The van der Waals surface area contributed by atoms with Crippen LogP contribution in [-0.2, 0) is 0 Å². The summed E-state index contributed by atoms with van der Waals surface area (Å²) in [6.45, 7) is 6.64. The number of rotatable bonds is 3. The Hall–Kier alpha value is -1.26. The largest absolute Gasteiger partial charge is 0.398 e. The zero-order valence-corrected chi connectivity index (χ0v) is 12.0. The van der Waals surface area contributed by atoms with Gasteiger partial charge in [0.15, 0.2) is 0 Å². The van der Waals surface area contributed by atoms with Crippen molar-refractivity contribution >= 4 is 23.2 Å². The maximum atomic E-state index is 12.4. The average Bonchev–Trinajstić information content (AvgIpc) is 2.42. The van der Waals surface area contributed by atoms with E-state index in [-0.39, 0.29) is 5.91 Å². The summed E-state index contributed by atoms with van der Waals surface area (Å²) in [7, 11) is 0. The summed E-state index contributed by atoms with van der Waals surface area (Å²) in [6, 6.07) is 5.21. The predicted octanol–water partition coefficient (Wildman–Crippen LogP) is 2.09. The number of nitrogens with two attached hydrogens (primary N) is 1. The Morgan fingerprint density at radius 2 is 2.00 bits per heavy atom. The van der Waals surface area contributed by atoms with Crippen LogP contribution in [0.2, 0.25) is 5.02 Å². The first kappa shape index (κ1) is 14.2. The maximum Gasteiger partial charge on any atom is 0.255 e. The lowest BCUT2D eigenvalue weighted by atomic mass is 10.1. The SMILES string of the molecule is CCCN1CCN(C(=O)c2cccc(N)c2Cl)CC1. The summed E-state index contributed by atoms with van der Waals surface area (Å²) in [5, 5.41) is 0.364. The van der Waals surface area contributed by atoms with Crippen molar-refractivity contribution in [3.8, 4) is 0 Å². The third-order valence-electron chi connectivity index (χ3n) is 3.46. The molecule has 1 aliphatic rings. The molecule has 1 amide bonds. The van der Waals surface area contributed by atoms with Crippen LogP contribution in [0.25, 0.3) is 0 Å². The molecule has 0 aliphatic carbocycles. The topological polar surface area (TPSA) is 49.6 Å². The van der Waals surface area contributed by atoms with Crippen molar-refractivity contribution in [1.82, 2.24) is 9.80 Å². The molecule has 104 valence electrons. The normalized spacial score (nSPS) is 16.6. The molecule has 19 heavy (non-hydrogen) atoms. The van der Waals surface area contributed by atoms with Crippen LogP contribution in [0.1, 0.15) is 23.7 Å². The molecule has 1 heterocycles. The van der Waals surface area contributed by atoms with Gasteiger partial charge in [0.25, 0.3) is 5.91 Å². The van der Waals surface area contributed by atoms with Gasteiger partial charge in [-0.15, -0.1) is 0 Å². The Balaban J connectivity index is 2.03. The molecule has 1 aromatic carbocycles. The third kappa shape index (κ3) is 3.19. The fourth-order valence-corrected chi connectivity index (χ4v) is 2.58. The summed E-state index contributed by atoms with van der Waals surface area (Å²) in [4.78, 5) is 16.6.